The van der Waals surface area contributed by atoms with Crippen molar-refractivity contribution in [2.24, 2.45) is 5.16 Å². The molecule has 1 aliphatic rings. The zero-order valence-electron chi connectivity index (χ0n) is 15.0. The van der Waals surface area contributed by atoms with E-state index in [0.29, 0.717) is 17.9 Å². The molecular formula is C18H21NO5S2. The van der Waals surface area contributed by atoms with Gasteiger partial charge in [-0.1, -0.05) is 17.3 Å². The van der Waals surface area contributed by atoms with Gasteiger partial charge in [-0.05, 0) is 62.4 Å². The van der Waals surface area contributed by atoms with Gasteiger partial charge in [-0.3, -0.25) is 0 Å². The Balaban J connectivity index is 1.91. The van der Waals surface area contributed by atoms with E-state index in [0.717, 1.165) is 16.9 Å². The second-order valence-corrected chi connectivity index (χ2v) is 9.98. The maximum Gasteiger partial charge on any atom is 0.215 e. The predicted molar refractivity (Wildman–Crippen MR) is 98.7 cm³/mol. The highest BCUT2D eigenvalue weighted by atomic mass is 32.2. The van der Waals surface area contributed by atoms with Crippen molar-refractivity contribution < 1.29 is 23.1 Å². The van der Waals surface area contributed by atoms with Crippen molar-refractivity contribution in [3.63, 3.8) is 0 Å². The molecule has 8 heteroatoms. The zero-order valence-corrected chi connectivity index (χ0v) is 16.6. The molecule has 0 amide bonds. The highest BCUT2D eigenvalue weighted by Gasteiger charge is 2.44. The molecule has 1 atom stereocenters. The molecule has 0 bridgehead atoms. The minimum Gasteiger partial charge on any atom is -0.411 e. The topological polar surface area (TPSA) is 85.2 Å². The van der Waals surface area contributed by atoms with Crippen LogP contribution in [0.4, 0.5) is 0 Å². The Labute approximate surface area is 157 Å². The lowest BCUT2D eigenvalue weighted by Gasteiger charge is -2.24. The Hall–Kier alpha value is -1.74. The van der Waals surface area contributed by atoms with Crippen molar-refractivity contribution in [2.75, 3.05) is 6.61 Å². The summed E-state index contributed by atoms with van der Waals surface area (Å²) < 4.78 is 37.7. The molecule has 26 heavy (non-hydrogen) atoms. The van der Waals surface area contributed by atoms with Crippen LogP contribution in [0.25, 0.3) is 0 Å². The molecule has 1 aromatic heterocycles. The fourth-order valence-electron chi connectivity index (χ4n) is 2.84. The van der Waals surface area contributed by atoms with Crippen molar-refractivity contribution >= 4 is 26.9 Å². The Morgan fingerprint density at radius 3 is 2.42 bits per heavy atom. The summed E-state index contributed by atoms with van der Waals surface area (Å²) in [5, 5.41) is 13.7. The van der Waals surface area contributed by atoms with Gasteiger partial charge in [0, 0.05) is 0 Å². The lowest BCUT2D eigenvalue weighted by Crippen LogP contribution is -2.27. The van der Waals surface area contributed by atoms with Crippen LogP contribution in [0.15, 0.2) is 50.0 Å². The molecule has 0 radical (unpaired) electrons. The molecule has 0 unspecified atom stereocenters. The molecule has 1 saturated heterocycles. The molecule has 0 saturated carbocycles. The maximum atomic E-state index is 12.9. The Morgan fingerprint density at radius 1 is 1.23 bits per heavy atom. The second-order valence-electron chi connectivity index (χ2n) is 6.89. The summed E-state index contributed by atoms with van der Waals surface area (Å²) in [7, 11) is -3.63. The lowest BCUT2D eigenvalue weighted by molar-refractivity contribution is -0.159. The quantitative estimate of drug-likeness (QED) is 0.484. The molecule has 2 aromatic rings. The molecular weight excluding hydrogens is 374 g/mol. The van der Waals surface area contributed by atoms with Gasteiger partial charge in [0.1, 0.15) is 9.81 Å². The minimum atomic E-state index is -3.63. The zero-order chi connectivity index (χ0) is 19.2. The van der Waals surface area contributed by atoms with Gasteiger partial charge in [0.15, 0.2) is 5.79 Å². The average Bonchev–Trinajstić information content (AvgIpc) is 3.20. The third-order valence-electron chi connectivity index (χ3n) is 4.35. The number of rotatable bonds is 4. The molecule has 1 aliphatic heterocycles. The lowest BCUT2D eigenvalue weighted by atomic mass is 10.0. The van der Waals surface area contributed by atoms with E-state index in [1.807, 2.05) is 20.8 Å². The molecule has 0 spiro atoms. The van der Waals surface area contributed by atoms with Crippen LogP contribution in [-0.4, -0.2) is 31.7 Å². The number of oxime groups is 1. The molecule has 1 aromatic carbocycles. The van der Waals surface area contributed by atoms with Gasteiger partial charge in [-0.25, -0.2) is 8.42 Å². The van der Waals surface area contributed by atoms with Gasteiger partial charge < -0.3 is 14.7 Å². The standard InChI is InChI=1S/C18H21NO5S2/c1-12(19-20)13-5-7-15(8-6-13)26(21,22)16-9-14(10-25-16)18(4)11-23-17(2,3)24-18/h5-10,20H,11H2,1-4H3/b19-12+/t18-/m1/s1. The predicted octanol–water partition coefficient (Wildman–Crippen LogP) is 3.78. The van der Waals surface area contributed by atoms with Gasteiger partial charge in [-0.15, -0.1) is 11.3 Å². The first-order valence-corrected chi connectivity index (χ1v) is 10.4. The van der Waals surface area contributed by atoms with E-state index in [4.69, 9.17) is 14.7 Å². The largest absolute Gasteiger partial charge is 0.411 e. The summed E-state index contributed by atoms with van der Waals surface area (Å²) in [6.45, 7) is 7.57. The van der Waals surface area contributed by atoms with Gasteiger partial charge in [0.25, 0.3) is 0 Å². The van der Waals surface area contributed by atoms with Crippen LogP contribution in [0.5, 0.6) is 0 Å². The number of sulfone groups is 1. The van der Waals surface area contributed by atoms with Crippen LogP contribution in [-0.2, 0) is 24.9 Å². The van der Waals surface area contributed by atoms with E-state index in [9.17, 15) is 8.42 Å². The molecule has 2 heterocycles. The third-order valence-corrected chi connectivity index (χ3v) is 7.56. The normalized spacial score (nSPS) is 23.3. The fourth-order valence-corrected chi connectivity index (χ4v) is 5.54. The van der Waals surface area contributed by atoms with Gasteiger partial charge in [0.2, 0.25) is 9.84 Å². The first kappa shape index (κ1) is 19.0. The number of hydrogen-bond donors (Lipinski definition) is 1. The number of hydrogen-bond acceptors (Lipinski definition) is 7. The van der Waals surface area contributed by atoms with E-state index < -0.39 is 21.2 Å². The smallest absolute Gasteiger partial charge is 0.215 e. The molecule has 1 fully saturated rings. The van der Waals surface area contributed by atoms with E-state index in [-0.39, 0.29) is 9.10 Å². The summed E-state index contributed by atoms with van der Waals surface area (Å²) in [4.78, 5) is 0.189. The molecule has 1 N–H and O–H groups in total. The van der Waals surface area contributed by atoms with Crippen LogP contribution in [0.1, 0.15) is 38.8 Å². The molecule has 3 rings (SSSR count). The SMILES string of the molecule is C/C(=N\O)c1ccc(S(=O)(=O)c2cc([C@@]3(C)COC(C)(C)O3)cs2)cc1. The van der Waals surface area contributed by atoms with E-state index >= 15 is 0 Å². The van der Waals surface area contributed by atoms with Crippen molar-refractivity contribution in [1.82, 2.24) is 0 Å². The number of nitrogens with zero attached hydrogens (tertiary/aromatic N) is 1. The summed E-state index contributed by atoms with van der Waals surface area (Å²) >= 11 is 1.16. The Bertz CT molecular complexity index is 944. The van der Waals surface area contributed by atoms with E-state index in [1.165, 1.54) is 12.1 Å². The van der Waals surface area contributed by atoms with Crippen LogP contribution >= 0.6 is 11.3 Å². The fraction of sp³-hybridized carbons (Fsp3) is 0.389. The van der Waals surface area contributed by atoms with Crippen molar-refractivity contribution in [3.8, 4) is 0 Å². The monoisotopic (exact) mass is 395 g/mol. The van der Waals surface area contributed by atoms with Crippen LogP contribution < -0.4 is 0 Å². The van der Waals surface area contributed by atoms with Crippen LogP contribution in [0.2, 0.25) is 0 Å². The van der Waals surface area contributed by atoms with Crippen molar-refractivity contribution in [1.29, 1.82) is 0 Å². The highest BCUT2D eigenvalue weighted by molar-refractivity contribution is 7.93. The minimum absolute atomic E-state index is 0.189. The molecule has 6 nitrogen and oxygen atoms in total. The Morgan fingerprint density at radius 2 is 1.88 bits per heavy atom. The maximum absolute atomic E-state index is 12.9. The summed E-state index contributed by atoms with van der Waals surface area (Å²) in [5.41, 5.74) is 1.18. The summed E-state index contributed by atoms with van der Waals surface area (Å²) in [6.07, 6.45) is 0. The van der Waals surface area contributed by atoms with E-state index in [1.54, 1.807) is 30.5 Å². The number of benzene rings is 1. The van der Waals surface area contributed by atoms with Crippen LogP contribution in [0.3, 0.4) is 0 Å². The number of ether oxygens (including phenoxy) is 2. The Kier molecular flexibility index (Phi) is 4.72. The second kappa shape index (κ2) is 6.45. The van der Waals surface area contributed by atoms with E-state index in [2.05, 4.69) is 5.16 Å². The highest BCUT2D eigenvalue weighted by Crippen LogP contribution is 2.41. The van der Waals surface area contributed by atoms with Crippen LogP contribution in [0, 0.1) is 0 Å². The first-order valence-electron chi connectivity index (χ1n) is 8.05. The number of thiophene rings is 1. The van der Waals surface area contributed by atoms with Crippen molar-refractivity contribution in [2.45, 2.75) is 48.2 Å². The summed E-state index contributed by atoms with van der Waals surface area (Å²) in [6, 6.07) is 7.92. The van der Waals surface area contributed by atoms with Gasteiger partial charge >= 0.3 is 0 Å². The third kappa shape index (κ3) is 3.42. The molecule has 140 valence electrons. The summed E-state index contributed by atoms with van der Waals surface area (Å²) in [5.74, 6) is -0.697. The first-order chi connectivity index (χ1) is 12.1. The molecule has 0 aliphatic carbocycles. The van der Waals surface area contributed by atoms with Gasteiger partial charge in [-0.2, -0.15) is 0 Å². The van der Waals surface area contributed by atoms with Crippen molar-refractivity contribution in [3.05, 3.63) is 46.8 Å². The van der Waals surface area contributed by atoms with Gasteiger partial charge in [0.05, 0.1) is 17.2 Å². The average molecular weight is 396 g/mol.